The molecule has 0 aliphatic carbocycles. The van der Waals surface area contributed by atoms with E-state index in [2.05, 4.69) is 0 Å². The number of carbonyl (C=O) groups excluding carboxylic acids is 1. The van der Waals surface area contributed by atoms with Gasteiger partial charge in [0.2, 0.25) is 0 Å². The fourth-order valence-electron chi connectivity index (χ4n) is 1.77. The summed E-state index contributed by atoms with van der Waals surface area (Å²) < 4.78 is 5.34. The lowest BCUT2D eigenvalue weighted by molar-refractivity contribution is 0.101. The fraction of sp³-hybridized carbons (Fsp3) is 0.250. The monoisotopic (exact) mass is 220 g/mol. The second kappa shape index (κ2) is 3.27. The van der Waals surface area contributed by atoms with Crippen molar-refractivity contribution in [1.82, 2.24) is 0 Å². The molecule has 0 spiro atoms. The molecule has 0 fully saturated rings. The van der Waals surface area contributed by atoms with Gasteiger partial charge in [0.15, 0.2) is 17.1 Å². The highest BCUT2D eigenvalue weighted by Gasteiger charge is 2.20. The minimum atomic E-state index is -0.318. The molecule has 0 saturated heterocycles. The highest BCUT2D eigenvalue weighted by molar-refractivity contribution is 6.05. The molecule has 0 saturated carbocycles. The lowest BCUT2D eigenvalue weighted by Crippen LogP contribution is -1.92. The molecule has 1 aromatic carbocycles. The molecule has 2 aromatic rings. The van der Waals surface area contributed by atoms with Crippen LogP contribution in [-0.2, 0) is 0 Å². The number of furan rings is 1. The molecule has 4 heteroatoms. The van der Waals surface area contributed by atoms with Crippen LogP contribution in [0.2, 0.25) is 0 Å². The Balaban J connectivity index is 2.95. The normalized spacial score (nSPS) is 10.9. The van der Waals surface area contributed by atoms with Crippen molar-refractivity contribution in [3.8, 4) is 11.5 Å². The summed E-state index contributed by atoms with van der Waals surface area (Å²) in [5.41, 5.74) is 0.997. The molecule has 0 atom stereocenters. The number of hydrogen-bond acceptors (Lipinski definition) is 4. The van der Waals surface area contributed by atoms with Gasteiger partial charge in [-0.05, 0) is 26.8 Å². The molecule has 16 heavy (non-hydrogen) atoms. The van der Waals surface area contributed by atoms with Crippen LogP contribution in [0.15, 0.2) is 10.5 Å². The van der Waals surface area contributed by atoms with E-state index in [1.165, 1.54) is 13.0 Å². The first kappa shape index (κ1) is 10.5. The van der Waals surface area contributed by atoms with E-state index in [-0.39, 0.29) is 28.4 Å². The van der Waals surface area contributed by atoms with Crippen LogP contribution in [0.4, 0.5) is 0 Å². The van der Waals surface area contributed by atoms with Gasteiger partial charge >= 0.3 is 0 Å². The van der Waals surface area contributed by atoms with Gasteiger partial charge in [-0.3, -0.25) is 4.79 Å². The third-order valence-corrected chi connectivity index (χ3v) is 2.77. The number of phenols is 2. The van der Waals surface area contributed by atoms with Gasteiger partial charge in [0, 0.05) is 5.56 Å². The Hall–Kier alpha value is -1.97. The van der Waals surface area contributed by atoms with Crippen LogP contribution >= 0.6 is 0 Å². The van der Waals surface area contributed by atoms with E-state index < -0.39 is 0 Å². The van der Waals surface area contributed by atoms with Crippen molar-refractivity contribution >= 4 is 16.8 Å². The summed E-state index contributed by atoms with van der Waals surface area (Å²) in [7, 11) is 0. The lowest BCUT2D eigenvalue weighted by atomic mass is 10.0. The van der Waals surface area contributed by atoms with Gasteiger partial charge in [0.05, 0.1) is 10.9 Å². The molecule has 4 nitrogen and oxygen atoms in total. The Labute approximate surface area is 92.1 Å². The number of aromatic hydroxyl groups is 2. The molecule has 84 valence electrons. The third kappa shape index (κ3) is 1.26. The average Bonchev–Trinajstić information content (AvgIpc) is 2.50. The topological polar surface area (TPSA) is 70.7 Å². The zero-order valence-corrected chi connectivity index (χ0v) is 9.29. The number of phenolic OH excluding ortho intramolecular Hbond substituents is 2. The number of Topliss-reactive ketones (excluding diaryl/α,β-unsaturated/α-hetero) is 1. The summed E-state index contributed by atoms with van der Waals surface area (Å²) in [6.07, 6.45) is 0. The molecule has 2 rings (SSSR count). The first-order valence-corrected chi connectivity index (χ1v) is 4.89. The molecule has 1 aromatic heterocycles. The van der Waals surface area contributed by atoms with Crippen LogP contribution < -0.4 is 0 Å². The van der Waals surface area contributed by atoms with E-state index in [0.717, 1.165) is 5.56 Å². The van der Waals surface area contributed by atoms with Crippen molar-refractivity contribution in [3.05, 3.63) is 23.0 Å². The van der Waals surface area contributed by atoms with Crippen molar-refractivity contribution in [1.29, 1.82) is 0 Å². The number of aryl methyl sites for hydroxylation is 2. The van der Waals surface area contributed by atoms with Gasteiger partial charge in [0.1, 0.15) is 11.5 Å². The van der Waals surface area contributed by atoms with Crippen molar-refractivity contribution in [2.24, 2.45) is 0 Å². The lowest BCUT2D eigenvalue weighted by Gasteiger charge is -2.03. The Morgan fingerprint density at radius 2 is 1.94 bits per heavy atom. The van der Waals surface area contributed by atoms with Crippen molar-refractivity contribution in [2.75, 3.05) is 0 Å². The maximum absolute atomic E-state index is 11.2. The molecule has 0 amide bonds. The maximum Gasteiger partial charge on any atom is 0.180 e. The molecule has 0 bridgehead atoms. The largest absolute Gasteiger partial charge is 0.507 e. The minimum Gasteiger partial charge on any atom is -0.507 e. The molecule has 1 heterocycles. The van der Waals surface area contributed by atoms with E-state index in [1.54, 1.807) is 13.8 Å². The van der Waals surface area contributed by atoms with Gasteiger partial charge in [-0.25, -0.2) is 0 Å². The summed E-state index contributed by atoms with van der Waals surface area (Å²) in [4.78, 5) is 11.2. The van der Waals surface area contributed by atoms with E-state index in [0.29, 0.717) is 11.1 Å². The third-order valence-electron chi connectivity index (χ3n) is 2.77. The summed E-state index contributed by atoms with van der Waals surface area (Å²) >= 11 is 0. The highest BCUT2D eigenvalue weighted by atomic mass is 16.4. The number of rotatable bonds is 1. The Morgan fingerprint density at radius 3 is 2.50 bits per heavy atom. The molecular weight excluding hydrogens is 208 g/mol. The number of hydrogen-bond donors (Lipinski definition) is 2. The van der Waals surface area contributed by atoms with Gasteiger partial charge in [-0.1, -0.05) is 0 Å². The summed E-state index contributed by atoms with van der Waals surface area (Å²) in [5.74, 6) is 0.0339. The molecule has 0 aliphatic rings. The Morgan fingerprint density at radius 1 is 1.31 bits per heavy atom. The van der Waals surface area contributed by atoms with Crippen LogP contribution in [0, 0.1) is 13.8 Å². The summed E-state index contributed by atoms with van der Waals surface area (Å²) in [5, 5.41) is 20.1. The van der Waals surface area contributed by atoms with Gasteiger partial charge < -0.3 is 14.6 Å². The van der Waals surface area contributed by atoms with E-state index >= 15 is 0 Å². The fourth-order valence-corrected chi connectivity index (χ4v) is 1.77. The maximum atomic E-state index is 11.2. The van der Waals surface area contributed by atoms with Gasteiger partial charge in [-0.2, -0.15) is 0 Å². The molecule has 0 radical (unpaired) electrons. The van der Waals surface area contributed by atoms with E-state index in [4.69, 9.17) is 4.42 Å². The predicted octanol–water partition coefficient (Wildman–Crippen LogP) is 2.66. The predicted molar refractivity (Wildman–Crippen MR) is 59.0 cm³/mol. The smallest absolute Gasteiger partial charge is 0.180 e. The molecule has 0 aliphatic heterocycles. The molecule has 2 N–H and O–H groups in total. The SMILES string of the molecule is CC(=O)c1cc(O)c2c(C)c(C)oc2c1O. The van der Waals surface area contributed by atoms with Crippen molar-refractivity contribution in [2.45, 2.75) is 20.8 Å². The number of carbonyl (C=O) groups is 1. The second-order valence-corrected chi connectivity index (χ2v) is 3.84. The first-order chi connectivity index (χ1) is 7.43. The van der Waals surface area contributed by atoms with Crippen molar-refractivity contribution in [3.63, 3.8) is 0 Å². The Kier molecular flexibility index (Phi) is 2.15. The minimum absolute atomic E-state index is 0.0487. The first-order valence-electron chi connectivity index (χ1n) is 4.89. The quantitative estimate of drug-likeness (QED) is 0.572. The van der Waals surface area contributed by atoms with Gasteiger partial charge in [0.25, 0.3) is 0 Å². The van der Waals surface area contributed by atoms with Crippen LogP contribution in [0.3, 0.4) is 0 Å². The van der Waals surface area contributed by atoms with Gasteiger partial charge in [-0.15, -0.1) is 0 Å². The zero-order chi connectivity index (χ0) is 12.0. The van der Waals surface area contributed by atoms with Crippen LogP contribution in [0.5, 0.6) is 11.5 Å². The number of ketones is 1. The highest BCUT2D eigenvalue weighted by Crippen LogP contribution is 2.40. The van der Waals surface area contributed by atoms with Crippen LogP contribution in [-0.4, -0.2) is 16.0 Å². The number of benzene rings is 1. The Bertz CT molecular complexity index is 593. The summed E-state index contributed by atoms with van der Waals surface area (Å²) in [6, 6.07) is 1.27. The standard InChI is InChI=1S/C12H12O4/c1-5-7(3)16-12-10(5)9(14)4-8(6(2)13)11(12)15/h4,14-15H,1-3H3. The molecule has 0 unspecified atom stereocenters. The van der Waals surface area contributed by atoms with Crippen LogP contribution in [0.1, 0.15) is 28.6 Å². The summed E-state index contributed by atoms with van der Waals surface area (Å²) in [6.45, 7) is 4.85. The zero-order valence-electron chi connectivity index (χ0n) is 9.29. The number of fused-ring (bicyclic) bond motifs is 1. The molecular formula is C12H12O4. The van der Waals surface area contributed by atoms with Crippen molar-refractivity contribution < 1.29 is 19.4 Å². The average molecular weight is 220 g/mol. The van der Waals surface area contributed by atoms with E-state index in [1.807, 2.05) is 0 Å². The second-order valence-electron chi connectivity index (χ2n) is 3.84. The van der Waals surface area contributed by atoms with E-state index in [9.17, 15) is 15.0 Å². The van der Waals surface area contributed by atoms with Crippen LogP contribution in [0.25, 0.3) is 11.0 Å².